The Hall–Kier alpha value is -1.52. The summed E-state index contributed by atoms with van der Waals surface area (Å²) in [6, 6.07) is 7.74. The van der Waals surface area contributed by atoms with E-state index >= 15 is 0 Å². The van der Waals surface area contributed by atoms with E-state index in [4.69, 9.17) is 16.7 Å². The van der Waals surface area contributed by atoms with Gasteiger partial charge >= 0.3 is 6.09 Å². The number of hydrogen-bond acceptors (Lipinski definition) is 1. The average Bonchev–Trinajstić information content (AvgIpc) is 2.78. The second-order valence-electron chi connectivity index (χ2n) is 4.79. The highest BCUT2D eigenvalue weighted by atomic mass is 35.5. The molecule has 0 saturated heterocycles. The number of aryl methyl sites for hydroxylation is 1. The first kappa shape index (κ1) is 15.9. The van der Waals surface area contributed by atoms with Crippen molar-refractivity contribution in [3.05, 3.63) is 51.4 Å². The Balaban J connectivity index is 2.38. The first-order valence-corrected chi connectivity index (χ1v) is 8.77. The van der Waals surface area contributed by atoms with E-state index < -0.39 is 6.09 Å². The highest BCUT2D eigenvalue weighted by molar-refractivity contribution is 7.33. The standard InChI is InChI=1S/C16H18ClNO2S/c1-3-12-10-21(9-11-5-7-13(17)8-6-11)15(14(12)4-2)18-16(19)20/h5-8,10,18H,3-4,9H2,1-2H3/p+1. The molecule has 0 bridgehead atoms. The van der Waals surface area contributed by atoms with Crippen molar-refractivity contribution in [2.24, 2.45) is 0 Å². The van der Waals surface area contributed by atoms with Gasteiger partial charge in [0.2, 0.25) is 0 Å². The predicted octanol–water partition coefficient (Wildman–Crippen LogP) is 5.35. The van der Waals surface area contributed by atoms with Gasteiger partial charge in [-0.25, -0.2) is 10.1 Å². The van der Waals surface area contributed by atoms with Crippen molar-refractivity contribution in [1.82, 2.24) is 0 Å². The zero-order valence-electron chi connectivity index (χ0n) is 12.1. The van der Waals surface area contributed by atoms with Crippen LogP contribution < -0.4 is 5.32 Å². The van der Waals surface area contributed by atoms with Crippen molar-refractivity contribution in [2.45, 2.75) is 32.4 Å². The van der Waals surface area contributed by atoms with Crippen LogP contribution in [0.1, 0.15) is 30.5 Å². The van der Waals surface area contributed by atoms with Crippen molar-refractivity contribution < 1.29 is 9.90 Å². The van der Waals surface area contributed by atoms with Crippen LogP contribution in [0, 0.1) is 0 Å². The van der Waals surface area contributed by atoms with Crippen LogP contribution in [0.4, 0.5) is 9.80 Å². The number of rotatable bonds is 5. The van der Waals surface area contributed by atoms with E-state index in [1.807, 2.05) is 24.3 Å². The number of thiophene rings is 1. The molecule has 1 aromatic heterocycles. The molecule has 2 rings (SSSR count). The third-order valence-corrected chi connectivity index (χ3v) is 5.74. The molecule has 1 aromatic carbocycles. The lowest BCUT2D eigenvalue weighted by Crippen LogP contribution is -2.08. The van der Waals surface area contributed by atoms with Crippen LogP contribution >= 0.6 is 22.1 Å². The lowest BCUT2D eigenvalue weighted by molar-refractivity contribution is 0.210. The average molecular weight is 325 g/mol. The monoisotopic (exact) mass is 324 g/mol. The normalized spacial score (nSPS) is 11.5. The zero-order valence-corrected chi connectivity index (χ0v) is 13.7. The molecule has 112 valence electrons. The van der Waals surface area contributed by atoms with Crippen molar-refractivity contribution in [3.63, 3.8) is 0 Å². The molecule has 0 fully saturated rings. The number of nitrogens with one attached hydrogen (secondary N) is 1. The molecule has 0 aliphatic carbocycles. The van der Waals surface area contributed by atoms with Crippen molar-refractivity contribution in [1.29, 1.82) is 0 Å². The molecule has 0 saturated carbocycles. The quantitative estimate of drug-likeness (QED) is 0.728. The fourth-order valence-electron chi connectivity index (χ4n) is 2.40. The third kappa shape index (κ3) is 3.77. The molecule has 0 aliphatic heterocycles. The van der Waals surface area contributed by atoms with Gasteiger partial charge in [0.1, 0.15) is 5.38 Å². The highest BCUT2D eigenvalue weighted by Gasteiger charge is 2.25. The fraction of sp³-hybridized carbons (Fsp3) is 0.312. The molecule has 0 radical (unpaired) electrons. The Bertz CT molecular complexity index is 634. The number of halogens is 1. The summed E-state index contributed by atoms with van der Waals surface area (Å²) in [7, 11) is -0.221. The van der Waals surface area contributed by atoms with Crippen LogP contribution in [-0.2, 0) is 18.6 Å². The van der Waals surface area contributed by atoms with Crippen molar-refractivity contribution in [3.8, 4) is 0 Å². The summed E-state index contributed by atoms with van der Waals surface area (Å²) in [5.74, 6) is 0.805. The Kier molecular flexibility index (Phi) is 5.26. The second kappa shape index (κ2) is 6.96. The number of carbonyl (C=O) groups is 1. The first-order chi connectivity index (χ1) is 10.0. The predicted molar refractivity (Wildman–Crippen MR) is 89.9 cm³/mol. The first-order valence-electron chi connectivity index (χ1n) is 6.93. The molecule has 1 unspecified atom stereocenters. The zero-order chi connectivity index (χ0) is 15.4. The second-order valence-corrected chi connectivity index (χ2v) is 7.01. The summed E-state index contributed by atoms with van der Waals surface area (Å²) < 4.78 is 0. The van der Waals surface area contributed by atoms with Gasteiger partial charge < -0.3 is 5.11 Å². The molecule has 0 spiro atoms. The summed E-state index contributed by atoms with van der Waals surface area (Å²) in [6.45, 7) is 4.17. The summed E-state index contributed by atoms with van der Waals surface area (Å²) >= 11 is 5.91. The van der Waals surface area contributed by atoms with E-state index in [0.29, 0.717) is 5.02 Å². The van der Waals surface area contributed by atoms with Gasteiger partial charge in [0.15, 0.2) is 5.75 Å². The van der Waals surface area contributed by atoms with E-state index in [0.717, 1.165) is 34.7 Å². The maximum atomic E-state index is 11.1. The lowest BCUT2D eigenvalue weighted by atomic mass is 10.1. The molecule has 21 heavy (non-hydrogen) atoms. The van der Waals surface area contributed by atoms with Gasteiger partial charge in [0, 0.05) is 32.2 Å². The van der Waals surface area contributed by atoms with Crippen LogP contribution in [0.25, 0.3) is 0 Å². The molecular weight excluding hydrogens is 306 g/mol. The van der Waals surface area contributed by atoms with Crippen LogP contribution in [-0.4, -0.2) is 11.2 Å². The van der Waals surface area contributed by atoms with Crippen LogP contribution in [0.2, 0.25) is 5.02 Å². The van der Waals surface area contributed by atoms with Crippen LogP contribution in [0.15, 0.2) is 29.6 Å². The summed E-state index contributed by atoms with van der Waals surface area (Å²) in [5.41, 5.74) is 3.58. The fourth-order valence-corrected chi connectivity index (χ4v) is 4.89. The van der Waals surface area contributed by atoms with E-state index in [1.54, 1.807) is 0 Å². The van der Waals surface area contributed by atoms with Crippen molar-refractivity contribution in [2.75, 3.05) is 5.32 Å². The van der Waals surface area contributed by atoms with Gasteiger partial charge in [-0.3, -0.25) is 0 Å². The minimum Gasteiger partial charge on any atom is -0.465 e. The van der Waals surface area contributed by atoms with Gasteiger partial charge in [-0.15, -0.1) is 0 Å². The van der Waals surface area contributed by atoms with E-state index in [2.05, 4.69) is 24.5 Å². The van der Waals surface area contributed by atoms with Gasteiger partial charge in [-0.1, -0.05) is 37.6 Å². The Morgan fingerprint density at radius 3 is 2.43 bits per heavy atom. The maximum Gasteiger partial charge on any atom is 0.412 e. The minimum atomic E-state index is -0.990. The molecule has 3 nitrogen and oxygen atoms in total. The topological polar surface area (TPSA) is 49.3 Å². The van der Waals surface area contributed by atoms with Gasteiger partial charge in [-0.2, -0.15) is 0 Å². The molecule has 2 aromatic rings. The van der Waals surface area contributed by atoms with Gasteiger partial charge in [0.05, 0.1) is 0 Å². The van der Waals surface area contributed by atoms with E-state index in [-0.39, 0.29) is 10.5 Å². The Morgan fingerprint density at radius 2 is 1.90 bits per heavy atom. The molecule has 5 heteroatoms. The summed E-state index contributed by atoms with van der Waals surface area (Å²) in [5, 5.41) is 15.5. The largest absolute Gasteiger partial charge is 0.465 e. The summed E-state index contributed by atoms with van der Waals surface area (Å²) in [4.78, 5) is 11.1. The lowest BCUT2D eigenvalue weighted by Gasteiger charge is -2.01. The highest BCUT2D eigenvalue weighted by Crippen LogP contribution is 2.41. The number of anilines is 1. The molecule has 0 aliphatic rings. The number of hydrogen-bond donors (Lipinski definition) is 2. The van der Waals surface area contributed by atoms with Crippen LogP contribution in [0.3, 0.4) is 0 Å². The maximum absolute atomic E-state index is 11.1. The van der Waals surface area contributed by atoms with Gasteiger partial charge in [-0.05, 0) is 25.0 Å². The van der Waals surface area contributed by atoms with E-state index in [1.165, 1.54) is 5.56 Å². The number of amides is 1. The van der Waals surface area contributed by atoms with Crippen molar-refractivity contribution >= 4 is 33.2 Å². The number of benzene rings is 1. The van der Waals surface area contributed by atoms with E-state index in [9.17, 15) is 4.79 Å². The molecule has 1 heterocycles. The molecule has 1 amide bonds. The molecule has 1 atom stereocenters. The van der Waals surface area contributed by atoms with Gasteiger partial charge in [0.25, 0.3) is 5.00 Å². The Morgan fingerprint density at radius 1 is 1.24 bits per heavy atom. The minimum absolute atomic E-state index is 0.221. The van der Waals surface area contributed by atoms with Crippen LogP contribution in [0.5, 0.6) is 0 Å². The summed E-state index contributed by atoms with van der Waals surface area (Å²) in [6.07, 6.45) is 0.785. The molecular formula is C16H19ClNO2S+. The third-order valence-electron chi connectivity index (χ3n) is 3.40. The Labute approximate surface area is 132 Å². The number of carboxylic acid groups (broad SMARTS) is 1. The molecule has 2 N–H and O–H groups in total. The smallest absolute Gasteiger partial charge is 0.412 e. The SMILES string of the molecule is CCc1c[s+](Cc2ccc(Cl)cc2)c(NC(=O)O)c1CC.